The molecule has 1 fully saturated rings. The Balaban J connectivity index is 1.85. The van der Waals surface area contributed by atoms with Crippen LogP contribution in [0.1, 0.15) is 39.8 Å². The van der Waals surface area contributed by atoms with Gasteiger partial charge in [-0.25, -0.2) is 4.98 Å². The molecule has 1 aliphatic heterocycles. The minimum Gasteiger partial charge on any atom is -0.393 e. The summed E-state index contributed by atoms with van der Waals surface area (Å²) in [4.78, 5) is 20.0. The third kappa shape index (κ3) is 3.23. The average Bonchev–Trinajstić information content (AvgIpc) is 3.13. The van der Waals surface area contributed by atoms with Crippen molar-refractivity contribution in [1.29, 1.82) is 0 Å². The molecule has 1 amide bonds. The van der Waals surface area contributed by atoms with Crippen LogP contribution < -0.4 is 0 Å². The Labute approximate surface area is 147 Å². The molecule has 0 aliphatic carbocycles. The molecule has 1 N–H and O–H groups in total. The minimum atomic E-state index is -0.365. The van der Waals surface area contributed by atoms with E-state index in [0.717, 1.165) is 27.6 Å². The third-order valence-electron chi connectivity index (χ3n) is 4.80. The van der Waals surface area contributed by atoms with E-state index < -0.39 is 0 Å². The minimum absolute atomic E-state index is 0.0455. The lowest BCUT2D eigenvalue weighted by Crippen LogP contribution is -2.30. The van der Waals surface area contributed by atoms with Crippen molar-refractivity contribution >= 4 is 17.2 Å². The normalized spacial score (nSPS) is 18.9. The zero-order valence-corrected chi connectivity index (χ0v) is 15.5. The van der Waals surface area contributed by atoms with Crippen LogP contribution in [0, 0.1) is 26.7 Å². The molecular weight excluding hydrogens is 320 g/mol. The number of carbonyl (C=O) groups excluding carboxylic acids is 1. The summed E-state index contributed by atoms with van der Waals surface area (Å²) in [6.07, 6.45) is 0.502. The van der Waals surface area contributed by atoms with Crippen LogP contribution in [-0.2, 0) is 0 Å². The van der Waals surface area contributed by atoms with Crippen LogP contribution in [0.5, 0.6) is 0 Å². The van der Waals surface area contributed by atoms with Gasteiger partial charge in [0.2, 0.25) is 0 Å². The molecule has 1 aromatic carbocycles. The summed E-state index contributed by atoms with van der Waals surface area (Å²) in [5, 5.41) is 10.6. The molecule has 0 spiro atoms. The lowest BCUT2D eigenvalue weighted by atomic mass is 10.0. The first-order valence-electron chi connectivity index (χ1n) is 8.39. The predicted octanol–water partition coefficient (Wildman–Crippen LogP) is 3.58. The van der Waals surface area contributed by atoms with E-state index in [2.05, 4.69) is 37.0 Å². The molecule has 2 atom stereocenters. The van der Waals surface area contributed by atoms with Gasteiger partial charge in [0.1, 0.15) is 9.88 Å². The fraction of sp³-hybridized carbons (Fsp3) is 0.474. The number of thiazole rings is 1. The number of hydrogen-bond donors (Lipinski definition) is 1. The molecular formula is C19H24N2O2S. The Bertz CT molecular complexity index is 767. The van der Waals surface area contributed by atoms with Crippen molar-refractivity contribution in [3.63, 3.8) is 0 Å². The van der Waals surface area contributed by atoms with Gasteiger partial charge < -0.3 is 10.0 Å². The highest BCUT2D eigenvalue weighted by Crippen LogP contribution is 2.32. The summed E-state index contributed by atoms with van der Waals surface area (Å²) in [6, 6.07) is 6.30. The number of aliphatic hydroxyl groups is 1. The van der Waals surface area contributed by atoms with E-state index in [1.54, 1.807) is 6.92 Å². The molecule has 2 heterocycles. The van der Waals surface area contributed by atoms with Gasteiger partial charge >= 0.3 is 0 Å². The number of hydrogen-bond acceptors (Lipinski definition) is 4. The second kappa shape index (κ2) is 6.65. The number of likely N-dealkylation sites (tertiary alicyclic amines) is 1. The molecule has 128 valence electrons. The SMILES string of the molecule is Cc1ccc(-c2nc(C)c(C(=O)N3CCC(C(C)O)C3)s2)c(C)c1. The maximum atomic E-state index is 12.8. The van der Waals surface area contributed by atoms with Crippen LogP contribution in [-0.4, -0.2) is 40.1 Å². The van der Waals surface area contributed by atoms with Crippen LogP contribution in [0.2, 0.25) is 0 Å². The van der Waals surface area contributed by atoms with Crippen molar-refractivity contribution in [1.82, 2.24) is 9.88 Å². The van der Waals surface area contributed by atoms with Crippen LogP contribution in [0.15, 0.2) is 18.2 Å². The van der Waals surface area contributed by atoms with Crippen molar-refractivity contribution in [2.24, 2.45) is 5.92 Å². The Hall–Kier alpha value is -1.72. The summed E-state index contributed by atoms with van der Waals surface area (Å²) < 4.78 is 0. The molecule has 5 heteroatoms. The van der Waals surface area contributed by atoms with Gasteiger partial charge in [0.05, 0.1) is 11.8 Å². The van der Waals surface area contributed by atoms with Gasteiger partial charge in [0, 0.05) is 24.6 Å². The second-order valence-electron chi connectivity index (χ2n) is 6.79. The topological polar surface area (TPSA) is 53.4 Å². The van der Waals surface area contributed by atoms with Crippen molar-refractivity contribution in [3.05, 3.63) is 39.9 Å². The zero-order valence-electron chi connectivity index (χ0n) is 14.7. The summed E-state index contributed by atoms with van der Waals surface area (Å²) >= 11 is 1.47. The number of carbonyl (C=O) groups is 1. The Kier molecular flexibility index (Phi) is 4.74. The van der Waals surface area contributed by atoms with Crippen molar-refractivity contribution < 1.29 is 9.90 Å². The van der Waals surface area contributed by atoms with E-state index in [1.165, 1.54) is 22.5 Å². The molecule has 1 saturated heterocycles. The Morgan fingerprint density at radius 2 is 2.12 bits per heavy atom. The number of rotatable bonds is 3. The summed E-state index contributed by atoms with van der Waals surface area (Å²) in [5.74, 6) is 0.227. The molecule has 1 aromatic heterocycles. The van der Waals surface area contributed by atoms with Crippen molar-refractivity contribution in [3.8, 4) is 10.6 Å². The maximum absolute atomic E-state index is 12.8. The monoisotopic (exact) mass is 344 g/mol. The summed E-state index contributed by atoms with van der Waals surface area (Å²) in [6.45, 7) is 9.20. The molecule has 1 aliphatic rings. The number of amides is 1. The van der Waals surface area contributed by atoms with Gasteiger partial charge in [-0.2, -0.15) is 0 Å². The zero-order chi connectivity index (χ0) is 17.4. The third-order valence-corrected chi connectivity index (χ3v) is 5.98. The lowest BCUT2D eigenvalue weighted by molar-refractivity contribution is 0.0766. The highest BCUT2D eigenvalue weighted by atomic mass is 32.1. The van der Waals surface area contributed by atoms with Gasteiger partial charge in [0.15, 0.2) is 0 Å². The van der Waals surface area contributed by atoms with Crippen molar-refractivity contribution in [2.45, 2.75) is 40.2 Å². The fourth-order valence-electron chi connectivity index (χ4n) is 3.27. The lowest BCUT2D eigenvalue weighted by Gasteiger charge is -2.17. The van der Waals surface area contributed by atoms with E-state index in [1.807, 2.05) is 11.8 Å². The van der Waals surface area contributed by atoms with E-state index in [-0.39, 0.29) is 17.9 Å². The van der Waals surface area contributed by atoms with Crippen LogP contribution in [0.3, 0.4) is 0 Å². The van der Waals surface area contributed by atoms with Crippen molar-refractivity contribution in [2.75, 3.05) is 13.1 Å². The van der Waals surface area contributed by atoms with Gasteiger partial charge in [0.25, 0.3) is 5.91 Å². The Morgan fingerprint density at radius 3 is 2.75 bits per heavy atom. The first kappa shape index (κ1) is 17.1. The molecule has 3 rings (SSSR count). The van der Waals surface area contributed by atoms with Gasteiger partial charge in [-0.1, -0.05) is 23.8 Å². The van der Waals surface area contributed by atoms with E-state index in [0.29, 0.717) is 13.1 Å². The number of aromatic nitrogens is 1. The quantitative estimate of drug-likeness (QED) is 0.926. The molecule has 4 nitrogen and oxygen atoms in total. The second-order valence-corrected chi connectivity index (χ2v) is 7.79. The fourth-order valence-corrected chi connectivity index (χ4v) is 4.40. The van der Waals surface area contributed by atoms with Crippen LogP contribution in [0.4, 0.5) is 0 Å². The highest BCUT2D eigenvalue weighted by molar-refractivity contribution is 7.17. The largest absolute Gasteiger partial charge is 0.393 e. The molecule has 2 aromatic rings. The first-order chi connectivity index (χ1) is 11.4. The molecule has 0 saturated carbocycles. The van der Waals surface area contributed by atoms with E-state index in [9.17, 15) is 9.90 Å². The number of aryl methyl sites for hydroxylation is 3. The number of nitrogens with zero attached hydrogens (tertiary/aromatic N) is 2. The average molecular weight is 344 g/mol. The number of benzene rings is 1. The highest BCUT2D eigenvalue weighted by Gasteiger charge is 2.31. The van der Waals surface area contributed by atoms with E-state index >= 15 is 0 Å². The van der Waals surface area contributed by atoms with Crippen LogP contribution >= 0.6 is 11.3 Å². The summed E-state index contributed by atoms with van der Waals surface area (Å²) in [5.41, 5.74) is 4.29. The molecule has 0 radical (unpaired) electrons. The van der Waals surface area contributed by atoms with Crippen LogP contribution in [0.25, 0.3) is 10.6 Å². The number of aliphatic hydroxyl groups excluding tert-OH is 1. The molecule has 0 bridgehead atoms. The molecule has 24 heavy (non-hydrogen) atoms. The summed E-state index contributed by atoms with van der Waals surface area (Å²) in [7, 11) is 0. The van der Waals surface area contributed by atoms with E-state index in [4.69, 9.17) is 0 Å². The standard InChI is InChI=1S/C19H24N2O2S/c1-11-5-6-16(12(2)9-11)18-20-13(3)17(24-18)19(23)21-8-7-15(10-21)14(4)22/h5-6,9,14-15,22H,7-8,10H2,1-4H3. The Morgan fingerprint density at radius 1 is 1.38 bits per heavy atom. The first-order valence-corrected chi connectivity index (χ1v) is 9.21. The van der Waals surface area contributed by atoms with Gasteiger partial charge in [-0.15, -0.1) is 11.3 Å². The maximum Gasteiger partial charge on any atom is 0.265 e. The smallest absolute Gasteiger partial charge is 0.265 e. The van der Waals surface area contributed by atoms with Gasteiger partial charge in [-0.05, 0) is 39.7 Å². The van der Waals surface area contributed by atoms with Gasteiger partial charge in [-0.3, -0.25) is 4.79 Å². The molecule has 2 unspecified atom stereocenters. The predicted molar refractivity (Wildman–Crippen MR) is 97.5 cm³/mol.